The van der Waals surface area contributed by atoms with Crippen LogP contribution in [0.15, 0.2) is 30.3 Å². The van der Waals surface area contributed by atoms with E-state index in [2.05, 4.69) is 19.2 Å². The third kappa shape index (κ3) is 5.17. The fraction of sp³-hybridized carbons (Fsp3) is 0.429. The summed E-state index contributed by atoms with van der Waals surface area (Å²) in [5, 5.41) is 2.73. The van der Waals surface area contributed by atoms with Crippen molar-refractivity contribution in [2.24, 2.45) is 0 Å². The van der Waals surface area contributed by atoms with Crippen molar-refractivity contribution in [2.75, 3.05) is 38.0 Å². The van der Waals surface area contributed by atoms with Gasteiger partial charge in [0.2, 0.25) is 0 Å². The Morgan fingerprint density at radius 1 is 1.25 bits per heavy atom. The quantitative estimate of drug-likeness (QED) is 0.775. The molecule has 1 saturated heterocycles. The predicted molar refractivity (Wildman–Crippen MR) is 110 cm³/mol. The van der Waals surface area contributed by atoms with Crippen molar-refractivity contribution in [3.05, 3.63) is 51.5 Å². The van der Waals surface area contributed by atoms with Crippen molar-refractivity contribution >= 4 is 28.8 Å². The van der Waals surface area contributed by atoms with E-state index in [9.17, 15) is 14.0 Å². The number of aryl methyl sites for hydroxylation is 2. The number of anilines is 1. The van der Waals surface area contributed by atoms with E-state index in [1.807, 2.05) is 11.0 Å². The Kier molecular flexibility index (Phi) is 6.80. The third-order valence-electron chi connectivity index (χ3n) is 5.03. The second-order valence-electron chi connectivity index (χ2n) is 7.22. The molecule has 2 amide bonds. The molecule has 5 nitrogen and oxygen atoms in total. The Bertz CT molecular complexity index is 844. The molecule has 1 aromatic carbocycles. The van der Waals surface area contributed by atoms with Crippen molar-refractivity contribution in [2.45, 2.75) is 26.7 Å². The fourth-order valence-electron chi connectivity index (χ4n) is 3.50. The number of piperazine rings is 1. The summed E-state index contributed by atoms with van der Waals surface area (Å²) in [6.45, 7) is 7.28. The van der Waals surface area contributed by atoms with Crippen molar-refractivity contribution in [1.29, 1.82) is 0 Å². The minimum atomic E-state index is -0.372. The molecule has 0 bridgehead atoms. The topological polar surface area (TPSA) is 53.9 Å². The monoisotopic (exact) mass is 404 g/mol. The lowest BCUT2D eigenvalue weighted by Gasteiger charge is -2.31. The van der Waals surface area contributed by atoms with E-state index in [-0.39, 0.29) is 17.6 Å². The highest BCUT2D eigenvalue weighted by atomic mass is 32.1. The highest BCUT2D eigenvalue weighted by Crippen LogP contribution is 2.24. The van der Waals surface area contributed by atoms with Crippen LogP contribution in [0.5, 0.6) is 0 Å². The number of nitrogens with zero attached hydrogens (tertiary/aromatic N) is 1. The largest absolute Gasteiger partial charge is 0.327 e. The molecule has 0 spiro atoms. The summed E-state index contributed by atoms with van der Waals surface area (Å²) in [4.78, 5) is 30.0. The Labute approximate surface area is 169 Å². The third-order valence-corrected chi connectivity index (χ3v) is 6.11. The van der Waals surface area contributed by atoms with Gasteiger partial charge in [-0.3, -0.25) is 9.59 Å². The van der Waals surface area contributed by atoms with Gasteiger partial charge in [0, 0.05) is 10.6 Å². The van der Waals surface area contributed by atoms with Gasteiger partial charge in [0.1, 0.15) is 5.82 Å². The van der Waals surface area contributed by atoms with Crippen LogP contribution < -0.4 is 10.2 Å². The lowest BCUT2D eigenvalue weighted by atomic mass is 10.1. The number of carbonyl (C=O) groups is 2. The molecule has 1 fully saturated rings. The van der Waals surface area contributed by atoms with Gasteiger partial charge in [-0.1, -0.05) is 19.4 Å². The summed E-state index contributed by atoms with van der Waals surface area (Å²) in [6, 6.07) is 7.93. The second-order valence-corrected chi connectivity index (χ2v) is 8.48. The Balaban J connectivity index is 1.49. The molecule has 0 radical (unpaired) electrons. The number of halogens is 1. The molecular weight excluding hydrogens is 377 g/mol. The standard InChI is InChI=1S/C21H26FN3O2S/c1-3-5-16-12-19(28-15(16)2)21(27)25-10-8-24(9-11-25)14-20(26)23-18-7-4-6-17(22)13-18/h4,6-7,12-13H,3,5,8-11,14H2,1-2H3,(H,23,26)/p+1. The van der Waals surface area contributed by atoms with E-state index in [4.69, 9.17) is 0 Å². The zero-order valence-electron chi connectivity index (χ0n) is 16.4. The summed E-state index contributed by atoms with van der Waals surface area (Å²) in [7, 11) is 0. The van der Waals surface area contributed by atoms with Gasteiger partial charge in [-0.15, -0.1) is 11.3 Å². The maximum absolute atomic E-state index is 13.2. The Morgan fingerprint density at radius 2 is 2.00 bits per heavy atom. The zero-order valence-corrected chi connectivity index (χ0v) is 17.2. The summed E-state index contributed by atoms with van der Waals surface area (Å²) in [5.74, 6) is -0.416. The molecule has 7 heteroatoms. The lowest BCUT2D eigenvalue weighted by Crippen LogP contribution is -3.15. The maximum Gasteiger partial charge on any atom is 0.279 e. The number of carbonyl (C=O) groups excluding carboxylic acids is 2. The zero-order chi connectivity index (χ0) is 20.1. The number of amides is 2. The van der Waals surface area contributed by atoms with Gasteiger partial charge in [-0.2, -0.15) is 0 Å². The second kappa shape index (κ2) is 9.30. The summed E-state index contributed by atoms with van der Waals surface area (Å²) in [5.41, 5.74) is 1.74. The molecule has 1 aliphatic rings. The van der Waals surface area contributed by atoms with Crippen LogP contribution in [0.25, 0.3) is 0 Å². The maximum atomic E-state index is 13.2. The lowest BCUT2D eigenvalue weighted by molar-refractivity contribution is -0.895. The van der Waals surface area contributed by atoms with Crippen molar-refractivity contribution < 1.29 is 18.9 Å². The average molecular weight is 405 g/mol. The van der Waals surface area contributed by atoms with Gasteiger partial charge < -0.3 is 15.1 Å². The van der Waals surface area contributed by atoms with Crippen LogP contribution in [0.1, 0.15) is 33.5 Å². The first-order valence-electron chi connectivity index (χ1n) is 9.74. The van der Waals surface area contributed by atoms with Gasteiger partial charge in [0.05, 0.1) is 31.1 Å². The molecule has 2 N–H and O–H groups in total. The minimum Gasteiger partial charge on any atom is -0.327 e. The number of benzene rings is 1. The normalized spacial score (nSPS) is 14.9. The van der Waals surface area contributed by atoms with Crippen LogP contribution in [0.4, 0.5) is 10.1 Å². The number of hydrogen-bond acceptors (Lipinski definition) is 3. The number of hydrogen-bond donors (Lipinski definition) is 2. The van der Waals surface area contributed by atoms with E-state index in [0.29, 0.717) is 25.3 Å². The Morgan fingerprint density at radius 3 is 2.68 bits per heavy atom. The van der Waals surface area contributed by atoms with Crippen LogP contribution in [-0.4, -0.2) is 49.4 Å². The average Bonchev–Trinajstić information content (AvgIpc) is 3.03. The molecular formula is C21H27FN3O2S+. The highest BCUT2D eigenvalue weighted by Gasteiger charge is 2.27. The van der Waals surface area contributed by atoms with Crippen LogP contribution in [-0.2, 0) is 11.2 Å². The molecule has 0 atom stereocenters. The van der Waals surface area contributed by atoms with Crippen LogP contribution in [0.2, 0.25) is 0 Å². The molecule has 1 aromatic heterocycles. The van der Waals surface area contributed by atoms with E-state index < -0.39 is 0 Å². The summed E-state index contributed by atoms with van der Waals surface area (Å²) >= 11 is 1.58. The first-order chi connectivity index (χ1) is 13.5. The van der Waals surface area contributed by atoms with E-state index in [0.717, 1.165) is 35.7 Å². The first kappa shape index (κ1) is 20.5. The van der Waals surface area contributed by atoms with Crippen LogP contribution >= 0.6 is 11.3 Å². The highest BCUT2D eigenvalue weighted by molar-refractivity contribution is 7.14. The van der Waals surface area contributed by atoms with Crippen molar-refractivity contribution in [1.82, 2.24) is 4.90 Å². The fourth-order valence-corrected chi connectivity index (χ4v) is 4.54. The molecule has 150 valence electrons. The molecule has 2 aromatic rings. The number of quaternary nitrogens is 1. The molecule has 0 saturated carbocycles. The van der Waals surface area contributed by atoms with Crippen LogP contribution in [0.3, 0.4) is 0 Å². The van der Waals surface area contributed by atoms with Gasteiger partial charge in [0.25, 0.3) is 11.8 Å². The van der Waals surface area contributed by atoms with Gasteiger partial charge in [0.15, 0.2) is 6.54 Å². The molecule has 0 unspecified atom stereocenters. The summed E-state index contributed by atoms with van der Waals surface area (Å²) < 4.78 is 13.2. The van der Waals surface area contributed by atoms with Crippen molar-refractivity contribution in [3.8, 4) is 0 Å². The number of rotatable bonds is 6. The molecule has 2 heterocycles. The molecule has 1 aliphatic heterocycles. The number of thiophene rings is 1. The molecule has 3 rings (SSSR count). The van der Waals surface area contributed by atoms with Crippen LogP contribution in [0, 0.1) is 12.7 Å². The van der Waals surface area contributed by atoms with Gasteiger partial charge in [-0.25, -0.2) is 4.39 Å². The summed E-state index contributed by atoms with van der Waals surface area (Å²) in [6.07, 6.45) is 2.08. The van der Waals surface area contributed by atoms with E-state index in [1.165, 1.54) is 22.6 Å². The van der Waals surface area contributed by atoms with Crippen molar-refractivity contribution in [3.63, 3.8) is 0 Å². The van der Waals surface area contributed by atoms with E-state index in [1.54, 1.807) is 23.5 Å². The minimum absolute atomic E-state index is 0.0960. The molecule has 0 aliphatic carbocycles. The van der Waals surface area contributed by atoms with Gasteiger partial charge >= 0.3 is 0 Å². The first-order valence-corrected chi connectivity index (χ1v) is 10.6. The Hall–Kier alpha value is -2.25. The molecule has 28 heavy (non-hydrogen) atoms. The number of nitrogens with one attached hydrogen (secondary N) is 2. The van der Waals surface area contributed by atoms with Gasteiger partial charge in [-0.05, 0) is 43.2 Å². The van der Waals surface area contributed by atoms with E-state index >= 15 is 0 Å². The smallest absolute Gasteiger partial charge is 0.279 e. The SMILES string of the molecule is CCCc1cc(C(=O)N2CC[NH+](CC(=O)Nc3cccc(F)c3)CC2)sc1C. The predicted octanol–water partition coefficient (Wildman–Crippen LogP) is 2.13.